The lowest BCUT2D eigenvalue weighted by Crippen LogP contribution is -2.23. The van der Waals surface area contributed by atoms with Crippen molar-refractivity contribution in [3.8, 4) is 0 Å². The van der Waals surface area contributed by atoms with E-state index in [-0.39, 0.29) is 10.6 Å². The van der Waals surface area contributed by atoms with Crippen LogP contribution in [0.5, 0.6) is 0 Å². The first-order chi connectivity index (χ1) is 10.1. The van der Waals surface area contributed by atoms with Crippen molar-refractivity contribution in [3.05, 3.63) is 40.6 Å². The average molecular weight is 285 g/mol. The molecule has 0 bridgehead atoms. The molecule has 0 radical (unpaired) electrons. The van der Waals surface area contributed by atoms with Crippen LogP contribution >= 0.6 is 0 Å². The van der Waals surface area contributed by atoms with Gasteiger partial charge < -0.3 is 5.32 Å². The summed E-state index contributed by atoms with van der Waals surface area (Å²) in [7, 11) is 0. The Labute approximate surface area is 123 Å². The van der Waals surface area contributed by atoms with E-state index in [1.807, 2.05) is 0 Å². The second kappa shape index (κ2) is 5.31. The summed E-state index contributed by atoms with van der Waals surface area (Å²) in [5, 5.41) is 15.1. The van der Waals surface area contributed by atoms with Gasteiger partial charge in [0.15, 0.2) is 0 Å². The van der Waals surface area contributed by atoms with Crippen LogP contribution in [0.15, 0.2) is 30.5 Å². The Morgan fingerprint density at radius 1 is 1.33 bits per heavy atom. The van der Waals surface area contributed by atoms with Crippen molar-refractivity contribution in [2.24, 2.45) is 5.41 Å². The summed E-state index contributed by atoms with van der Waals surface area (Å²) in [4.78, 5) is 15.1. The number of hydrogen-bond acceptors (Lipinski definition) is 4. The molecule has 0 aliphatic heterocycles. The molecule has 5 heteroatoms. The van der Waals surface area contributed by atoms with Crippen molar-refractivity contribution in [2.45, 2.75) is 32.6 Å². The molecule has 3 rings (SSSR count). The quantitative estimate of drug-likeness (QED) is 0.677. The van der Waals surface area contributed by atoms with Gasteiger partial charge in [-0.25, -0.2) is 0 Å². The maximum absolute atomic E-state index is 11.1. The number of pyridine rings is 1. The number of benzene rings is 1. The van der Waals surface area contributed by atoms with Crippen molar-refractivity contribution >= 4 is 22.3 Å². The molecule has 0 spiro atoms. The SMILES string of the molecule is CC1(CNc2ccc([N+](=O)[O-])c3cccnc23)CCCC1. The van der Waals surface area contributed by atoms with Crippen molar-refractivity contribution < 1.29 is 4.92 Å². The van der Waals surface area contributed by atoms with Gasteiger partial charge >= 0.3 is 0 Å². The first-order valence-corrected chi connectivity index (χ1v) is 7.35. The Hall–Kier alpha value is -2.17. The van der Waals surface area contributed by atoms with E-state index in [0.29, 0.717) is 16.3 Å². The summed E-state index contributed by atoms with van der Waals surface area (Å²) in [6.45, 7) is 3.19. The molecule has 5 nitrogen and oxygen atoms in total. The highest BCUT2D eigenvalue weighted by atomic mass is 16.6. The number of non-ortho nitro benzene ring substituents is 1. The normalized spacial score (nSPS) is 17.0. The third kappa shape index (κ3) is 2.68. The highest BCUT2D eigenvalue weighted by Gasteiger charge is 2.28. The number of nitrogens with one attached hydrogen (secondary N) is 1. The lowest BCUT2D eigenvalue weighted by molar-refractivity contribution is -0.383. The Kier molecular flexibility index (Phi) is 3.49. The Bertz CT molecular complexity index is 678. The number of aromatic nitrogens is 1. The number of hydrogen-bond donors (Lipinski definition) is 1. The molecule has 1 aliphatic rings. The van der Waals surface area contributed by atoms with E-state index in [9.17, 15) is 10.1 Å². The molecule has 1 heterocycles. The van der Waals surface area contributed by atoms with Gasteiger partial charge in [0.05, 0.1) is 16.0 Å². The standard InChI is InChI=1S/C16H19N3O2/c1-16(8-2-3-9-16)11-18-13-6-7-14(19(20)21)12-5-4-10-17-15(12)13/h4-7,10,18H,2-3,8-9,11H2,1H3. The van der Waals surface area contributed by atoms with Crippen LogP contribution in [0, 0.1) is 15.5 Å². The Morgan fingerprint density at radius 2 is 2.10 bits per heavy atom. The van der Waals surface area contributed by atoms with Crippen molar-refractivity contribution in [2.75, 3.05) is 11.9 Å². The van der Waals surface area contributed by atoms with E-state index >= 15 is 0 Å². The van der Waals surface area contributed by atoms with E-state index in [4.69, 9.17) is 0 Å². The minimum atomic E-state index is -0.355. The van der Waals surface area contributed by atoms with Gasteiger partial charge in [0, 0.05) is 18.8 Å². The molecule has 1 aromatic carbocycles. The Balaban J connectivity index is 1.92. The molecule has 1 fully saturated rings. The fourth-order valence-electron chi connectivity index (χ4n) is 3.17. The number of nitro benzene ring substituents is 1. The maximum Gasteiger partial charge on any atom is 0.278 e. The molecular formula is C16H19N3O2. The van der Waals surface area contributed by atoms with E-state index in [1.54, 1.807) is 30.5 Å². The van der Waals surface area contributed by atoms with Gasteiger partial charge in [0.25, 0.3) is 5.69 Å². The molecule has 21 heavy (non-hydrogen) atoms. The zero-order chi connectivity index (χ0) is 14.9. The van der Waals surface area contributed by atoms with Crippen LogP contribution < -0.4 is 5.32 Å². The predicted octanol–water partition coefficient (Wildman–Crippen LogP) is 4.14. The predicted molar refractivity (Wildman–Crippen MR) is 83.5 cm³/mol. The first-order valence-electron chi connectivity index (χ1n) is 7.35. The molecule has 0 saturated heterocycles. The smallest absolute Gasteiger partial charge is 0.278 e. The molecular weight excluding hydrogens is 266 g/mol. The number of nitrogens with zero attached hydrogens (tertiary/aromatic N) is 2. The average Bonchev–Trinajstić information content (AvgIpc) is 2.91. The van der Waals surface area contributed by atoms with Crippen LogP contribution in [0.1, 0.15) is 32.6 Å². The largest absolute Gasteiger partial charge is 0.383 e. The summed E-state index contributed by atoms with van der Waals surface area (Å²) in [6.07, 6.45) is 6.72. The third-order valence-electron chi connectivity index (χ3n) is 4.46. The molecule has 110 valence electrons. The van der Waals surface area contributed by atoms with Crippen LogP contribution in [0.4, 0.5) is 11.4 Å². The van der Waals surface area contributed by atoms with Gasteiger partial charge in [-0.3, -0.25) is 15.1 Å². The zero-order valence-corrected chi connectivity index (χ0v) is 12.1. The molecule has 0 atom stereocenters. The van der Waals surface area contributed by atoms with Gasteiger partial charge in [-0.05, 0) is 36.5 Å². The number of rotatable bonds is 4. The van der Waals surface area contributed by atoms with Crippen LogP contribution in [-0.2, 0) is 0 Å². The highest BCUT2D eigenvalue weighted by Crippen LogP contribution is 2.38. The van der Waals surface area contributed by atoms with Crippen LogP contribution in [0.25, 0.3) is 10.9 Å². The Morgan fingerprint density at radius 3 is 2.81 bits per heavy atom. The van der Waals surface area contributed by atoms with Gasteiger partial charge in [-0.15, -0.1) is 0 Å². The van der Waals surface area contributed by atoms with E-state index in [2.05, 4.69) is 17.2 Å². The van der Waals surface area contributed by atoms with Crippen LogP contribution in [-0.4, -0.2) is 16.5 Å². The molecule has 1 N–H and O–H groups in total. The van der Waals surface area contributed by atoms with Crippen LogP contribution in [0.2, 0.25) is 0 Å². The van der Waals surface area contributed by atoms with Gasteiger partial charge in [0.2, 0.25) is 0 Å². The summed E-state index contributed by atoms with van der Waals surface area (Å²) in [5.41, 5.74) is 1.98. The second-order valence-corrected chi connectivity index (χ2v) is 6.16. The minimum absolute atomic E-state index is 0.107. The maximum atomic E-state index is 11.1. The highest BCUT2D eigenvalue weighted by molar-refractivity contribution is 5.96. The van der Waals surface area contributed by atoms with Gasteiger partial charge in [0.1, 0.15) is 5.52 Å². The first kappa shape index (κ1) is 13.8. The minimum Gasteiger partial charge on any atom is -0.383 e. The number of anilines is 1. The summed E-state index contributed by atoms with van der Waals surface area (Å²) < 4.78 is 0. The zero-order valence-electron chi connectivity index (χ0n) is 12.1. The van der Waals surface area contributed by atoms with Gasteiger partial charge in [-0.2, -0.15) is 0 Å². The number of fused-ring (bicyclic) bond motifs is 1. The molecule has 1 saturated carbocycles. The van der Waals surface area contributed by atoms with Crippen molar-refractivity contribution in [1.29, 1.82) is 0 Å². The monoisotopic (exact) mass is 285 g/mol. The fourth-order valence-corrected chi connectivity index (χ4v) is 3.17. The van der Waals surface area contributed by atoms with Crippen molar-refractivity contribution in [3.63, 3.8) is 0 Å². The van der Waals surface area contributed by atoms with E-state index in [1.165, 1.54) is 25.7 Å². The molecule has 2 aromatic rings. The lowest BCUT2D eigenvalue weighted by atomic mass is 9.89. The summed E-state index contributed by atoms with van der Waals surface area (Å²) >= 11 is 0. The van der Waals surface area contributed by atoms with Crippen LogP contribution in [0.3, 0.4) is 0 Å². The molecule has 1 aliphatic carbocycles. The molecule has 0 unspecified atom stereocenters. The topological polar surface area (TPSA) is 68.1 Å². The third-order valence-corrected chi connectivity index (χ3v) is 4.46. The van der Waals surface area contributed by atoms with E-state index < -0.39 is 0 Å². The lowest BCUT2D eigenvalue weighted by Gasteiger charge is -2.24. The van der Waals surface area contributed by atoms with Gasteiger partial charge in [-0.1, -0.05) is 19.8 Å². The summed E-state index contributed by atoms with van der Waals surface area (Å²) in [6, 6.07) is 6.81. The van der Waals surface area contributed by atoms with E-state index in [0.717, 1.165) is 12.2 Å². The molecule has 0 amide bonds. The van der Waals surface area contributed by atoms with Crippen molar-refractivity contribution in [1.82, 2.24) is 4.98 Å². The summed E-state index contributed by atoms with van der Waals surface area (Å²) in [5.74, 6) is 0. The molecule has 1 aromatic heterocycles. The fraction of sp³-hybridized carbons (Fsp3) is 0.438. The second-order valence-electron chi connectivity index (χ2n) is 6.16. The number of nitro groups is 1.